The smallest absolute Gasteiger partial charge is 0.117 e. The number of hydrogen-bond acceptors (Lipinski definition) is 3. The molecule has 0 amide bonds. The van der Waals surface area contributed by atoms with Gasteiger partial charge in [-0.15, -0.1) is 0 Å². The minimum absolute atomic E-state index is 0.834. The lowest BCUT2D eigenvalue weighted by atomic mass is 10.4. The van der Waals surface area contributed by atoms with Crippen molar-refractivity contribution < 1.29 is 4.42 Å². The fourth-order valence-electron chi connectivity index (χ4n) is 1.15. The highest BCUT2D eigenvalue weighted by molar-refractivity contribution is 4.97. The molecule has 1 N–H and O–H groups in total. The summed E-state index contributed by atoms with van der Waals surface area (Å²) in [7, 11) is 4.18. The summed E-state index contributed by atoms with van der Waals surface area (Å²) >= 11 is 0. The van der Waals surface area contributed by atoms with E-state index in [9.17, 15) is 0 Å². The summed E-state index contributed by atoms with van der Waals surface area (Å²) in [5.74, 6) is 1.00. The standard InChI is InChI=1S/C10H18N2O/c1-12(2)7-4-6-11-9-10-5-3-8-13-10/h3,5,8,11H,4,6-7,9H2,1-2H3. The van der Waals surface area contributed by atoms with Crippen LogP contribution in [0, 0.1) is 0 Å². The summed E-state index contributed by atoms with van der Waals surface area (Å²) in [4.78, 5) is 2.19. The third-order valence-corrected chi connectivity index (χ3v) is 1.84. The van der Waals surface area contributed by atoms with Crippen LogP contribution >= 0.6 is 0 Å². The molecule has 74 valence electrons. The lowest BCUT2D eigenvalue weighted by Crippen LogP contribution is -2.20. The summed E-state index contributed by atoms with van der Waals surface area (Å²) < 4.78 is 5.19. The zero-order valence-corrected chi connectivity index (χ0v) is 8.42. The van der Waals surface area contributed by atoms with Crippen LogP contribution in [0.5, 0.6) is 0 Å². The first-order chi connectivity index (χ1) is 6.29. The topological polar surface area (TPSA) is 28.4 Å². The minimum atomic E-state index is 0.834. The van der Waals surface area contributed by atoms with Crippen LogP contribution < -0.4 is 5.32 Å². The van der Waals surface area contributed by atoms with Crippen molar-refractivity contribution in [3.63, 3.8) is 0 Å². The molecule has 0 saturated heterocycles. The second-order valence-corrected chi connectivity index (χ2v) is 3.41. The Morgan fingerprint density at radius 1 is 1.46 bits per heavy atom. The molecule has 3 nitrogen and oxygen atoms in total. The van der Waals surface area contributed by atoms with E-state index in [2.05, 4.69) is 24.3 Å². The van der Waals surface area contributed by atoms with Gasteiger partial charge in [-0.25, -0.2) is 0 Å². The molecule has 1 aromatic rings. The SMILES string of the molecule is CN(C)CCCNCc1ccco1. The van der Waals surface area contributed by atoms with Crippen molar-refractivity contribution in [2.24, 2.45) is 0 Å². The second-order valence-electron chi connectivity index (χ2n) is 3.41. The van der Waals surface area contributed by atoms with Crippen molar-refractivity contribution in [2.75, 3.05) is 27.2 Å². The van der Waals surface area contributed by atoms with E-state index in [4.69, 9.17) is 4.42 Å². The van der Waals surface area contributed by atoms with Gasteiger partial charge in [0.15, 0.2) is 0 Å². The van der Waals surface area contributed by atoms with Crippen molar-refractivity contribution in [1.82, 2.24) is 10.2 Å². The first kappa shape index (κ1) is 10.3. The quantitative estimate of drug-likeness (QED) is 0.673. The molecule has 0 unspecified atom stereocenters. The molecule has 0 spiro atoms. The zero-order chi connectivity index (χ0) is 9.52. The molecule has 0 atom stereocenters. The average Bonchev–Trinajstić information content (AvgIpc) is 2.55. The van der Waals surface area contributed by atoms with Crippen LogP contribution in [0.4, 0.5) is 0 Å². The summed E-state index contributed by atoms with van der Waals surface area (Å²) in [6, 6.07) is 3.90. The Bertz CT molecular complexity index is 207. The maximum Gasteiger partial charge on any atom is 0.117 e. The van der Waals surface area contributed by atoms with Crippen LogP contribution in [0.25, 0.3) is 0 Å². The van der Waals surface area contributed by atoms with Gasteiger partial charge in [-0.05, 0) is 45.7 Å². The Morgan fingerprint density at radius 3 is 2.92 bits per heavy atom. The van der Waals surface area contributed by atoms with Gasteiger partial charge in [-0.2, -0.15) is 0 Å². The fourth-order valence-corrected chi connectivity index (χ4v) is 1.15. The predicted octanol–water partition coefficient (Wildman–Crippen LogP) is 1.32. The molecule has 0 aliphatic carbocycles. The highest BCUT2D eigenvalue weighted by Crippen LogP contribution is 1.98. The molecule has 0 aliphatic rings. The first-order valence-corrected chi connectivity index (χ1v) is 4.67. The van der Waals surface area contributed by atoms with Crippen LogP contribution in [-0.4, -0.2) is 32.1 Å². The summed E-state index contributed by atoms with van der Waals surface area (Å²) in [5, 5.41) is 3.32. The molecular formula is C10H18N2O. The molecule has 0 aromatic carbocycles. The predicted molar refractivity (Wildman–Crippen MR) is 53.6 cm³/mol. The minimum Gasteiger partial charge on any atom is -0.468 e. The van der Waals surface area contributed by atoms with Gasteiger partial charge < -0.3 is 14.6 Å². The summed E-state index contributed by atoms with van der Waals surface area (Å²) in [6.07, 6.45) is 2.88. The van der Waals surface area contributed by atoms with E-state index >= 15 is 0 Å². The Morgan fingerprint density at radius 2 is 2.31 bits per heavy atom. The van der Waals surface area contributed by atoms with E-state index in [1.54, 1.807) is 6.26 Å². The Balaban J connectivity index is 1.96. The number of nitrogens with one attached hydrogen (secondary N) is 1. The maximum atomic E-state index is 5.19. The van der Waals surface area contributed by atoms with Gasteiger partial charge >= 0.3 is 0 Å². The second kappa shape index (κ2) is 5.78. The number of nitrogens with zero attached hydrogens (tertiary/aromatic N) is 1. The summed E-state index contributed by atoms with van der Waals surface area (Å²) in [6.45, 7) is 3.00. The van der Waals surface area contributed by atoms with Crippen LogP contribution in [0.1, 0.15) is 12.2 Å². The third kappa shape index (κ3) is 4.70. The van der Waals surface area contributed by atoms with Crippen molar-refractivity contribution in [1.29, 1.82) is 0 Å². The molecule has 1 aromatic heterocycles. The van der Waals surface area contributed by atoms with Gasteiger partial charge in [0.1, 0.15) is 5.76 Å². The van der Waals surface area contributed by atoms with E-state index in [0.717, 1.165) is 25.4 Å². The highest BCUT2D eigenvalue weighted by atomic mass is 16.3. The molecule has 0 fully saturated rings. The lowest BCUT2D eigenvalue weighted by Gasteiger charge is -2.08. The van der Waals surface area contributed by atoms with Crippen molar-refractivity contribution in [2.45, 2.75) is 13.0 Å². The average molecular weight is 182 g/mol. The first-order valence-electron chi connectivity index (χ1n) is 4.67. The molecule has 0 saturated carbocycles. The van der Waals surface area contributed by atoms with Crippen LogP contribution in [0.2, 0.25) is 0 Å². The Labute approximate surface area is 79.7 Å². The molecule has 3 heteroatoms. The van der Waals surface area contributed by atoms with E-state index in [-0.39, 0.29) is 0 Å². The number of furan rings is 1. The molecule has 0 radical (unpaired) electrons. The van der Waals surface area contributed by atoms with Crippen LogP contribution in [0.3, 0.4) is 0 Å². The van der Waals surface area contributed by atoms with E-state index in [1.165, 1.54) is 6.42 Å². The fraction of sp³-hybridized carbons (Fsp3) is 0.600. The molecule has 0 aliphatic heterocycles. The molecule has 13 heavy (non-hydrogen) atoms. The van der Waals surface area contributed by atoms with Gasteiger partial charge in [-0.3, -0.25) is 0 Å². The van der Waals surface area contributed by atoms with Crippen molar-refractivity contribution in [3.8, 4) is 0 Å². The Hall–Kier alpha value is -0.800. The van der Waals surface area contributed by atoms with E-state index in [0.29, 0.717) is 0 Å². The normalized spacial score (nSPS) is 11.0. The van der Waals surface area contributed by atoms with Crippen LogP contribution in [0.15, 0.2) is 22.8 Å². The summed E-state index contributed by atoms with van der Waals surface area (Å²) in [5.41, 5.74) is 0. The number of hydrogen-bond donors (Lipinski definition) is 1. The molecule has 1 heterocycles. The molecule has 0 bridgehead atoms. The maximum absolute atomic E-state index is 5.19. The number of rotatable bonds is 6. The van der Waals surface area contributed by atoms with Crippen molar-refractivity contribution >= 4 is 0 Å². The third-order valence-electron chi connectivity index (χ3n) is 1.84. The van der Waals surface area contributed by atoms with E-state index in [1.807, 2.05) is 12.1 Å². The molecule has 1 rings (SSSR count). The van der Waals surface area contributed by atoms with Gasteiger partial charge in [0.05, 0.1) is 12.8 Å². The van der Waals surface area contributed by atoms with Gasteiger partial charge in [0.2, 0.25) is 0 Å². The Kier molecular flexibility index (Phi) is 4.57. The van der Waals surface area contributed by atoms with Crippen LogP contribution in [-0.2, 0) is 6.54 Å². The van der Waals surface area contributed by atoms with Gasteiger partial charge in [-0.1, -0.05) is 0 Å². The highest BCUT2D eigenvalue weighted by Gasteiger charge is 1.94. The largest absolute Gasteiger partial charge is 0.468 e. The lowest BCUT2D eigenvalue weighted by molar-refractivity contribution is 0.390. The van der Waals surface area contributed by atoms with Gasteiger partial charge in [0.25, 0.3) is 0 Å². The monoisotopic (exact) mass is 182 g/mol. The van der Waals surface area contributed by atoms with Crippen molar-refractivity contribution in [3.05, 3.63) is 24.2 Å². The molecular weight excluding hydrogens is 164 g/mol. The van der Waals surface area contributed by atoms with E-state index < -0.39 is 0 Å². The van der Waals surface area contributed by atoms with Gasteiger partial charge in [0, 0.05) is 0 Å². The zero-order valence-electron chi connectivity index (χ0n) is 8.42.